The average Bonchev–Trinajstić information content (AvgIpc) is 2.14. The highest BCUT2D eigenvalue weighted by atomic mass is 16.4. The third kappa shape index (κ3) is 15.6. The van der Waals surface area contributed by atoms with Gasteiger partial charge in [0.05, 0.1) is 6.42 Å². The summed E-state index contributed by atoms with van der Waals surface area (Å²) in [4.78, 5) is 19.6. The summed E-state index contributed by atoms with van der Waals surface area (Å²) in [5.74, 6) is -1.79. The zero-order valence-electron chi connectivity index (χ0n) is 8.56. The summed E-state index contributed by atoms with van der Waals surface area (Å²) in [6.45, 7) is 0.732. The van der Waals surface area contributed by atoms with Crippen LogP contribution >= 0.6 is 0 Å². The van der Waals surface area contributed by atoms with Crippen LogP contribution in [0.15, 0.2) is 0 Å². The molecular formula is C8H19N3O4. The molecule has 7 nitrogen and oxygen atoms in total. The molecule has 0 spiro atoms. The van der Waals surface area contributed by atoms with E-state index in [0.29, 0.717) is 19.4 Å². The summed E-state index contributed by atoms with van der Waals surface area (Å²) in [6, 6.07) is -0.742. The summed E-state index contributed by atoms with van der Waals surface area (Å²) in [7, 11) is 0. The molecule has 0 rings (SSSR count). The van der Waals surface area contributed by atoms with Gasteiger partial charge in [-0.15, -0.1) is 0 Å². The van der Waals surface area contributed by atoms with E-state index in [-0.39, 0.29) is 13.0 Å². The van der Waals surface area contributed by atoms with Gasteiger partial charge in [0, 0.05) is 6.54 Å². The van der Waals surface area contributed by atoms with E-state index in [1.54, 1.807) is 0 Å². The van der Waals surface area contributed by atoms with E-state index in [0.717, 1.165) is 0 Å². The van der Waals surface area contributed by atoms with Crippen LogP contribution in [0.3, 0.4) is 0 Å². The minimum Gasteiger partial charge on any atom is -0.481 e. The van der Waals surface area contributed by atoms with Crippen molar-refractivity contribution in [3.8, 4) is 0 Å². The lowest BCUT2D eigenvalue weighted by Crippen LogP contribution is -2.30. The third-order valence-electron chi connectivity index (χ3n) is 1.39. The summed E-state index contributed by atoms with van der Waals surface area (Å²) in [6.07, 6.45) is 1.21. The maximum absolute atomic E-state index is 10.0. The molecule has 8 N–H and O–H groups in total. The van der Waals surface area contributed by atoms with E-state index >= 15 is 0 Å². The monoisotopic (exact) mass is 221 g/mol. The van der Waals surface area contributed by atoms with Crippen LogP contribution in [0.5, 0.6) is 0 Å². The fourth-order valence-corrected chi connectivity index (χ4v) is 0.585. The lowest BCUT2D eigenvalue weighted by molar-refractivity contribution is -0.139. The predicted molar refractivity (Wildman–Crippen MR) is 55.2 cm³/mol. The number of aliphatic carboxylic acids is 2. The molecule has 0 saturated heterocycles. The molecule has 0 amide bonds. The van der Waals surface area contributed by atoms with Crippen molar-refractivity contribution in [1.29, 1.82) is 0 Å². The second kappa shape index (κ2) is 10.9. The molecule has 0 aromatic heterocycles. The van der Waals surface area contributed by atoms with Crippen LogP contribution in [0.25, 0.3) is 0 Å². The first kappa shape index (κ1) is 16.3. The second-order valence-electron chi connectivity index (χ2n) is 2.81. The number of carbonyl (C=O) groups is 2. The molecule has 0 saturated carbocycles. The number of carboxylic acids is 2. The van der Waals surface area contributed by atoms with E-state index in [1.165, 1.54) is 0 Å². The summed E-state index contributed by atoms with van der Waals surface area (Å²) in [5, 5.41) is 16.1. The topological polar surface area (TPSA) is 153 Å². The molecular weight excluding hydrogens is 202 g/mol. The van der Waals surface area contributed by atoms with Gasteiger partial charge >= 0.3 is 11.9 Å². The predicted octanol–water partition coefficient (Wildman–Crippen LogP) is -1.44. The van der Waals surface area contributed by atoms with E-state index in [1.807, 2.05) is 0 Å². The Labute approximate surface area is 88.2 Å². The van der Waals surface area contributed by atoms with Gasteiger partial charge in [-0.25, -0.2) is 0 Å². The van der Waals surface area contributed by atoms with Crippen molar-refractivity contribution in [3.05, 3.63) is 0 Å². The standard InChI is InChI=1S/C5H12N2O2.C3H7NO2/c6-3-1-2-4(7)5(8)9;4-2-1-3(5)6/h4H,1-3,6-7H2,(H,8,9);1-2,4H2,(H,5,6)/t4-;/m0./s1. The van der Waals surface area contributed by atoms with Gasteiger partial charge in [-0.3, -0.25) is 9.59 Å². The summed E-state index contributed by atoms with van der Waals surface area (Å²) < 4.78 is 0. The van der Waals surface area contributed by atoms with Gasteiger partial charge in [0.1, 0.15) is 6.04 Å². The van der Waals surface area contributed by atoms with Crippen LogP contribution in [-0.2, 0) is 9.59 Å². The number of hydrogen-bond acceptors (Lipinski definition) is 5. The second-order valence-corrected chi connectivity index (χ2v) is 2.81. The average molecular weight is 221 g/mol. The Morgan fingerprint density at radius 3 is 1.87 bits per heavy atom. The molecule has 0 fully saturated rings. The Morgan fingerprint density at radius 2 is 1.67 bits per heavy atom. The Bertz CT molecular complexity index is 187. The van der Waals surface area contributed by atoms with Crippen LogP contribution < -0.4 is 17.2 Å². The van der Waals surface area contributed by atoms with Gasteiger partial charge < -0.3 is 27.4 Å². The number of rotatable bonds is 6. The normalized spacial score (nSPS) is 11.1. The summed E-state index contributed by atoms with van der Waals surface area (Å²) in [5.41, 5.74) is 15.1. The molecule has 0 heterocycles. The van der Waals surface area contributed by atoms with Crippen LogP contribution in [0, 0.1) is 0 Å². The van der Waals surface area contributed by atoms with Crippen molar-refractivity contribution >= 4 is 11.9 Å². The summed E-state index contributed by atoms with van der Waals surface area (Å²) >= 11 is 0. The van der Waals surface area contributed by atoms with E-state index in [9.17, 15) is 9.59 Å². The van der Waals surface area contributed by atoms with E-state index in [2.05, 4.69) is 0 Å². The fraction of sp³-hybridized carbons (Fsp3) is 0.750. The first-order valence-corrected chi connectivity index (χ1v) is 4.56. The highest BCUT2D eigenvalue weighted by molar-refractivity contribution is 5.72. The van der Waals surface area contributed by atoms with Gasteiger partial charge in [0.15, 0.2) is 0 Å². The molecule has 90 valence electrons. The fourth-order valence-electron chi connectivity index (χ4n) is 0.585. The zero-order valence-corrected chi connectivity index (χ0v) is 8.56. The Kier molecular flexibility index (Phi) is 11.8. The molecule has 0 aliphatic carbocycles. The van der Waals surface area contributed by atoms with Crippen LogP contribution in [-0.4, -0.2) is 41.3 Å². The maximum Gasteiger partial charge on any atom is 0.320 e. The van der Waals surface area contributed by atoms with Crippen molar-refractivity contribution < 1.29 is 19.8 Å². The molecule has 1 atom stereocenters. The smallest absolute Gasteiger partial charge is 0.320 e. The lowest BCUT2D eigenvalue weighted by atomic mass is 10.2. The van der Waals surface area contributed by atoms with Crippen molar-refractivity contribution in [1.82, 2.24) is 0 Å². The minimum atomic E-state index is -0.955. The lowest BCUT2D eigenvalue weighted by Gasteiger charge is -2.02. The van der Waals surface area contributed by atoms with Gasteiger partial charge in [-0.05, 0) is 19.4 Å². The molecule has 15 heavy (non-hydrogen) atoms. The molecule has 0 aliphatic rings. The van der Waals surface area contributed by atoms with Gasteiger partial charge in [0.25, 0.3) is 0 Å². The molecule has 7 heteroatoms. The van der Waals surface area contributed by atoms with Crippen molar-refractivity contribution in [3.63, 3.8) is 0 Å². The highest BCUT2D eigenvalue weighted by Crippen LogP contribution is 1.91. The van der Waals surface area contributed by atoms with Gasteiger partial charge in [0.2, 0.25) is 0 Å². The molecule has 0 aromatic rings. The Morgan fingerprint density at radius 1 is 1.13 bits per heavy atom. The molecule has 0 bridgehead atoms. The molecule has 0 aliphatic heterocycles. The van der Waals surface area contributed by atoms with E-state index < -0.39 is 18.0 Å². The van der Waals surface area contributed by atoms with Crippen LogP contribution in [0.2, 0.25) is 0 Å². The number of hydrogen-bond donors (Lipinski definition) is 5. The number of nitrogens with two attached hydrogens (primary N) is 3. The first-order valence-electron chi connectivity index (χ1n) is 4.56. The van der Waals surface area contributed by atoms with Gasteiger partial charge in [-0.1, -0.05) is 0 Å². The molecule has 0 aromatic carbocycles. The highest BCUT2D eigenvalue weighted by Gasteiger charge is 2.08. The van der Waals surface area contributed by atoms with Crippen molar-refractivity contribution in [2.24, 2.45) is 17.2 Å². The SMILES string of the molecule is NCCC(=O)O.NCCC[C@H](N)C(=O)O. The first-order chi connectivity index (χ1) is 6.95. The van der Waals surface area contributed by atoms with Crippen molar-refractivity contribution in [2.45, 2.75) is 25.3 Å². The maximum atomic E-state index is 10.0. The van der Waals surface area contributed by atoms with Crippen LogP contribution in [0.1, 0.15) is 19.3 Å². The van der Waals surface area contributed by atoms with Crippen LogP contribution in [0.4, 0.5) is 0 Å². The van der Waals surface area contributed by atoms with Crippen molar-refractivity contribution in [2.75, 3.05) is 13.1 Å². The minimum absolute atomic E-state index is 0.0694. The number of carboxylic acid groups (broad SMARTS) is 2. The zero-order chi connectivity index (χ0) is 12.3. The third-order valence-corrected chi connectivity index (χ3v) is 1.39. The largest absolute Gasteiger partial charge is 0.481 e. The Hall–Kier alpha value is -1.18. The van der Waals surface area contributed by atoms with Gasteiger partial charge in [-0.2, -0.15) is 0 Å². The van der Waals surface area contributed by atoms with E-state index in [4.69, 9.17) is 27.4 Å². The molecule has 0 unspecified atom stereocenters. The molecule has 0 radical (unpaired) electrons. The quantitative estimate of drug-likeness (QED) is 0.368. The Balaban J connectivity index is 0.